The number of pyridine rings is 2. The fraction of sp³-hybridized carbons (Fsp3) is 0.478. The number of piperidine rings is 1. The van der Waals surface area contributed by atoms with Crippen LogP contribution in [0.1, 0.15) is 87.2 Å². The van der Waals surface area contributed by atoms with Gasteiger partial charge in [0.2, 0.25) is 11.8 Å². The number of likely N-dealkylation sites (tertiary alicyclic amines) is 1. The molecule has 2 aromatic heterocycles. The Morgan fingerprint density at radius 1 is 0.984 bits per heavy atom. The number of anilines is 2. The summed E-state index contributed by atoms with van der Waals surface area (Å²) in [5.74, 6) is -0.785. The number of fused-ring (bicyclic) bond motifs is 2. The molecule has 4 heterocycles. The number of halogens is 1. The molecule has 2 aliphatic heterocycles. The monoisotopic (exact) mass is 851 g/mol. The number of urea groups is 1. The highest BCUT2D eigenvalue weighted by atomic mass is 19.1. The molecule has 3 fully saturated rings. The number of aryl methyl sites for hydroxylation is 1. The van der Waals surface area contributed by atoms with Gasteiger partial charge in [-0.25, -0.2) is 14.0 Å². The summed E-state index contributed by atoms with van der Waals surface area (Å²) in [7, 11) is 0. The number of aromatic nitrogens is 2. The Bertz CT molecular complexity index is 2330. The lowest BCUT2D eigenvalue weighted by Crippen LogP contribution is -2.48. The third-order valence-electron chi connectivity index (χ3n) is 11.9. The fourth-order valence-corrected chi connectivity index (χ4v) is 8.68. The fourth-order valence-electron chi connectivity index (χ4n) is 8.68. The number of primary amides is 1. The highest BCUT2D eigenvalue weighted by Gasteiger charge is 2.42. The molecule has 4 aromatic rings. The van der Waals surface area contributed by atoms with Crippen molar-refractivity contribution in [1.82, 2.24) is 30.4 Å². The molecular weight excluding hydrogens is 794 g/mol. The van der Waals surface area contributed by atoms with Crippen molar-refractivity contribution < 1.29 is 28.3 Å². The number of nitrogens with one attached hydrogen (secondary N) is 4. The number of benzene rings is 2. The van der Waals surface area contributed by atoms with Gasteiger partial charge in [-0.1, -0.05) is 26.0 Å². The van der Waals surface area contributed by atoms with E-state index in [0.717, 1.165) is 41.6 Å². The minimum absolute atomic E-state index is 0.0313. The van der Waals surface area contributed by atoms with Crippen LogP contribution in [0.5, 0.6) is 0 Å². The van der Waals surface area contributed by atoms with E-state index in [9.17, 15) is 24.0 Å². The number of nitrogens with zero attached hydrogens (tertiary/aromatic N) is 4. The number of nitrogens with two attached hydrogens (primary N) is 1. The van der Waals surface area contributed by atoms with Gasteiger partial charge in [-0.3, -0.25) is 19.4 Å². The maximum Gasteiger partial charge on any atom is 0.410 e. The van der Waals surface area contributed by atoms with Gasteiger partial charge in [-0.05, 0) is 105 Å². The highest BCUT2D eigenvalue weighted by Crippen LogP contribution is 2.40. The summed E-state index contributed by atoms with van der Waals surface area (Å²) in [4.78, 5) is 71.9. The lowest BCUT2D eigenvalue weighted by Gasteiger charge is -2.39. The van der Waals surface area contributed by atoms with E-state index in [1.165, 1.54) is 6.07 Å². The maximum absolute atomic E-state index is 16.0. The number of hydrogen-bond donors (Lipinski definition) is 5. The van der Waals surface area contributed by atoms with Crippen LogP contribution in [0.4, 0.5) is 25.4 Å². The van der Waals surface area contributed by atoms with Crippen LogP contribution in [0, 0.1) is 24.6 Å². The zero-order chi connectivity index (χ0) is 43.9. The molecule has 3 aliphatic rings. The maximum atomic E-state index is 16.0. The van der Waals surface area contributed by atoms with Gasteiger partial charge in [0, 0.05) is 92.5 Å². The summed E-state index contributed by atoms with van der Waals surface area (Å²) in [6.07, 6.45) is 7.78. The molecule has 7 rings (SSSR count). The van der Waals surface area contributed by atoms with Gasteiger partial charge in [0.25, 0.3) is 0 Å². The normalized spacial score (nSPS) is 17.8. The Kier molecular flexibility index (Phi) is 14.1. The van der Waals surface area contributed by atoms with Crippen molar-refractivity contribution in [3.05, 3.63) is 99.3 Å². The van der Waals surface area contributed by atoms with Crippen molar-refractivity contribution in [3.8, 4) is 0 Å². The molecule has 1 saturated carbocycles. The first-order valence-corrected chi connectivity index (χ1v) is 21.7. The van der Waals surface area contributed by atoms with Gasteiger partial charge in [0.05, 0.1) is 11.2 Å². The molecule has 3 atom stereocenters. The third kappa shape index (κ3) is 11.1. The smallest absolute Gasteiger partial charge is 0.410 e. The van der Waals surface area contributed by atoms with Gasteiger partial charge < -0.3 is 46.1 Å². The van der Waals surface area contributed by atoms with Crippen LogP contribution in [-0.4, -0.2) is 76.7 Å². The second kappa shape index (κ2) is 19.8. The molecule has 62 heavy (non-hydrogen) atoms. The number of ether oxygens (including phenoxy) is 1. The van der Waals surface area contributed by atoms with Crippen LogP contribution in [0.2, 0.25) is 0 Å². The molecule has 330 valence electrons. The SMILES string of the molecule is Cc1cc(CNCc2cn(C3CC3)c3cc(N4CCC5C(CCN5C(=O)OCc5ccc(NC(=O)[C@H](CCCNC(N)=O)NC(=O)CC(C)C)cc5)C4)c(F)cc3c2=O)ccn1. The van der Waals surface area contributed by atoms with Crippen molar-refractivity contribution in [2.75, 3.05) is 36.4 Å². The molecule has 2 saturated heterocycles. The van der Waals surface area contributed by atoms with Crippen molar-refractivity contribution in [1.29, 1.82) is 0 Å². The Morgan fingerprint density at radius 2 is 1.77 bits per heavy atom. The Hall–Kier alpha value is -6.03. The van der Waals surface area contributed by atoms with E-state index in [1.54, 1.807) is 35.4 Å². The van der Waals surface area contributed by atoms with E-state index in [-0.39, 0.29) is 60.7 Å². The highest BCUT2D eigenvalue weighted by molar-refractivity contribution is 5.97. The lowest BCUT2D eigenvalue weighted by atomic mass is 9.92. The van der Waals surface area contributed by atoms with Crippen molar-refractivity contribution in [2.24, 2.45) is 17.6 Å². The summed E-state index contributed by atoms with van der Waals surface area (Å²) in [6.45, 7) is 8.74. The number of carbonyl (C=O) groups excluding carboxylic acids is 4. The van der Waals surface area contributed by atoms with Gasteiger partial charge >= 0.3 is 12.1 Å². The quantitative estimate of drug-likeness (QED) is 0.0839. The van der Waals surface area contributed by atoms with Crippen LogP contribution < -0.4 is 37.3 Å². The summed E-state index contributed by atoms with van der Waals surface area (Å²) in [5, 5.41) is 11.9. The molecule has 0 bridgehead atoms. The molecule has 0 radical (unpaired) electrons. The van der Waals surface area contributed by atoms with E-state index in [2.05, 4.69) is 35.7 Å². The van der Waals surface area contributed by atoms with Crippen LogP contribution in [-0.2, 0) is 34.0 Å². The van der Waals surface area contributed by atoms with E-state index in [0.29, 0.717) is 74.3 Å². The van der Waals surface area contributed by atoms with Crippen molar-refractivity contribution >= 4 is 46.2 Å². The van der Waals surface area contributed by atoms with Crippen LogP contribution in [0.15, 0.2) is 65.7 Å². The topological polar surface area (TPSA) is 193 Å². The summed E-state index contributed by atoms with van der Waals surface area (Å²) < 4.78 is 23.9. The standard InChI is InChI=1S/C46H58FN9O6/c1-28(2)19-42(57)53-38(5-4-15-51-45(48)60)44(59)52-34-8-6-30(7-9-34)27-62-46(61)55-18-13-32-25-54(17-14-39(32)55)41-22-40-36(21-37(41)47)43(58)33(26-56(40)35-10-11-35)24-49-23-31-12-16-50-29(3)20-31/h6-9,12,16,20-22,26,28,32,35,38-39,49H,4-5,10-11,13-15,17-19,23-25,27H2,1-3H3,(H,52,59)(H,53,57)(H3,48,51,60)/t32?,38-,39?/m0/s1. The Balaban J connectivity index is 0.927. The number of rotatable bonds is 17. The summed E-state index contributed by atoms with van der Waals surface area (Å²) in [5.41, 5.74) is 10.1. The average molecular weight is 852 g/mol. The minimum atomic E-state index is -0.805. The van der Waals surface area contributed by atoms with Gasteiger partial charge in [0.15, 0.2) is 5.43 Å². The molecule has 16 heteroatoms. The largest absolute Gasteiger partial charge is 0.445 e. The lowest BCUT2D eigenvalue weighted by molar-refractivity contribution is -0.127. The second-order valence-electron chi connectivity index (χ2n) is 17.3. The number of hydrogen-bond acceptors (Lipinski definition) is 9. The van der Waals surface area contributed by atoms with Gasteiger partial charge in [0.1, 0.15) is 18.5 Å². The van der Waals surface area contributed by atoms with Crippen LogP contribution in [0.3, 0.4) is 0 Å². The molecule has 1 aliphatic carbocycles. The summed E-state index contributed by atoms with van der Waals surface area (Å²) in [6, 6.07) is 12.9. The Labute approximate surface area is 360 Å². The molecule has 2 unspecified atom stereocenters. The average Bonchev–Trinajstić information content (AvgIpc) is 4.00. The zero-order valence-corrected chi connectivity index (χ0v) is 35.8. The molecule has 6 N–H and O–H groups in total. The Morgan fingerprint density at radius 3 is 2.50 bits per heavy atom. The van der Waals surface area contributed by atoms with E-state index < -0.39 is 24.0 Å². The first-order valence-electron chi connectivity index (χ1n) is 21.7. The predicted octanol–water partition coefficient (Wildman–Crippen LogP) is 5.62. The minimum Gasteiger partial charge on any atom is -0.445 e. The number of carbonyl (C=O) groups is 4. The molecular formula is C46H58FN9O6. The molecule has 0 spiro atoms. The first kappa shape index (κ1) is 44.0. The molecule has 2 aromatic carbocycles. The van der Waals surface area contributed by atoms with E-state index in [1.807, 2.05) is 45.2 Å². The molecule has 5 amide bonds. The summed E-state index contributed by atoms with van der Waals surface area (Å²) >= 11 is 0. The first-order chi connectivity index (χ1) is 29.8. The predicted molar refractivity (Wildman–Crippen MR) is 235 cm³/mol. The van der Waals surface area contributed by atoms with Crippen LogP contribution in [0.25, 0.3) is 10.9 Å². The van der Waals surface area contributed by atoms with E-state index >= 15 is 4.39 Å². The van der Waals surface area contributed by atoms with Gasteiger partial charge in [-0.15, -0.1) is 0 Å². The number of amides is 5. The van der Waals surface area contributed by atoms with Gasteiger partial charge in [-0.2, -0.15) is 0 Å². The van der Waals surface area contributed by atoms with Crippen molar-refractivity contribution in [3.63, 3.8) is 0 Å². The third-order valence-corrected chi connectivity index (χ3v) is 11.9. The van der Waals surface area contributed by atoms with Crippen molar-refractivity contribution in [2.45, 2.75) is 104 Å². The zero-order valence-electron chi connectivity index (χ0n) is 35.8. The second-order valence-corrected chi connectivity index (χ2v) is 17.3. The molecule has 15 nitrogen and oxygen atoms in total. The van der Waals surface area contributed by atoms with Crippen LogP contribution >= 0.6 is 0 Å². The van der Waals surface area contributed by atoms with E-state index in [4.69, 9.17) is 10.5 Å².